The highest BCUT2D eigenvalue weighted by Gasteiger charge is 2.18. The van der Waals surface area contributed by atoms with E-state index in [1.807, 2.05) is 25.1 Å². The zero-order valence-corrected chi connectivity index (χ0v) is 11.7. The van der Waals surface area contributed by atoms with Gasteiger partial charge in [0.05, 0.1) is 16.3 Å². The van der Waals surface area contributed by atoms with Gasteiger partial charge in [0.1, 0.15) is 0 Å². The van der Waals surface area contributed by atoms with Gasteiger partial charge in [-0.05, 0) is 42.8 Å². The third-order valence-corrected chi connectivity index (χ3v) is 4.86. The van der Waals surface area contributed by atoms with Crippen molar-refractivity contribution in [1.29, 1.82) is 0 Å². The van der Waals surface area contributed by atoms with E-state index in [0.29, 0.717) is 0 Å². The van der Waals surface area contributed by atoms with Crippen LogP contribution in [0.2, 0.25) is 0 Å². The van der Waals surface area contributed by atoms with E-state index in [1.54, 1.807) is 6.07 Å². The number of aryl methyl sites for hydroxylation is 1. The van der Waals surface area contributed by atoms with Crippen molar-refractivity contribution in [3.63, 3.8) is 0 Å². The molecule has 1 heterocycles. The molecular weight excluding hydrogens is 282 g/mol. The Morgan fingerprint density at radius 1 is 1.05 bits per heavy atom. The lowest BCUT2D eigenvalue weighted by Crippen LogP contribution is -2.03. The van der Waals surface area contributed by atoms with Crippen molar-refractivity contribution < 1.29 is 13.0 Å². The molecule has 0 fully saturated rings. The van der Waals surface area contributed by atoms with E-state index in [-0.39, 0.29) is 4.90 Å². The summed E-state index contributed by atoms with van der Waals surface area (Å²) in [5, 5.41) is 3.26. The fourth-order valence-electron chi connectivity index (χ4n) is 1.94. The lowest BCUT2D eigenvalue weighted by Gasteiger charge is -2.21. The minimum atomic E-state index is -4.16. The van der Waals surface area contributed by atoms with Crippen molar-refractivity contribution in [3.05, 3.63) is 42.0 Å². The van der Waals surface area contributed by atoms with Gasteiger partial charge in [0.15, 0.2) is 0 Å². The van der Waals surface area contributed by atoms with E-state index in [1.165, 1.54) is 23.9 Å². The number of benzene rings is 2. The fraction of sp³-hybridized carbons (Fsp3) is 0.0769. The molecule has 2 N–H and O–H groups in total. The number of anilines is 2. The molecule has 1 aliphatic heterocycles. The normalized spacial score (nSPS) is 13.4. The van der Waals surface area contributed by atoms with E-state index in [2.05, 4.69) is 5.32 Å². The van der Waals surface area contributed by atoms with Gasteiger partial charge in [-0.15, -0.1) is 0 Å². The molecule has 0 saturated heterocycles. The zero-order chi connectivity index (χ0) is 13.6. The molecule has 0 saturated carbocycles. The average molecular weight is 293 g/mol. The van der Waals surface area contributed by atoms with Gasteiger partial charge in [0, 0.05) is 9.79 Å². The summed E-state index contributed by atoms with van der Waals surface area (Å²) in [5.74, 6) is 0. The smallest absolute Gasteiger partial charge is 0.294 e. The highest BCUT2D eigenvalue weighted by molar-refractivity contribution is 7.99. The Hall–Kier alpha value is -1.50. The summed E-state index contributed by atoms with van der Waals surface area (Å²) >= 11 is 1.48. The SMILES string of the molecule is Cc1ccc2c(c1)Nc1ccc(S(=O)(=O)O)cc1S2. The van der Waals surface area contributed by atoms with Crippen LogP contribution in [0.25, 0.3) is 0 Å². The van der Waals surface area contributed by atoms with E-state index >= 15 is 0 Å². The maximum absolute atomic E-state index is 11.1. The van der Waals surface area contributed by atoms with Crippen LogP contribution in [0.1, 0.15) is 5.56 Å². The van der Waals surface area contributed by atoms with Gasteiger partial charge in [-0.1, -0.05) is 17.8 Å². The monoisotopic (exact) mass is 293 g/mol. The van der Waals surface area contributed by atoms with Crippen LogP contribution in [-0.4, -0.2) is 13.0 Å². The van der Waals surface area contributed by atoms with Gasteiger partial charge < -0.3 is 5.32 Å². The van der Waals surface area contributed by atoms with E-state index in [4.69, 9.17) is 4.55 Å². The number of fused-ring (bicyclic) bond motifs is 2. The minimum Gasteiger partial charge on any atom is -0.354 e. The van der Waals surface area contributed by atoms with Gasteiger partial charge >= 0.3 is 0 Å². The predicted octanol–water partition coefficient (Wildman–Crippen LogP) is 3.45. The molecule has 0 unspecified atom stereocenters. The number of hydrogen-bond donors (Lipinski definition) is 2. The molecule has 0 bridgehead atoms. The molecule has 2 aromatic rings. The van der Waals surface area contributed by atoms with E-state index in [0.717, 1.165) is 26.7 Å². The maximum Gasteiger partial charge on any atom is 0.294 e. The van der Waals surface area contributed by atoms with Crippen molar-refractivity contribution in [2.45, 2.75) is 21.6 Å². The van der Waals surface area contributed by atoms with Crippen molar-refractivity contribution in [2.24, 2.45) is 0 Å². The largest absolute Gasteiger partial charge is 0.354 e. The first kappa shape index (κ1) is 12.5. The molecule has 0 atom stereocenters. The average Bonchev–Trinajstić information content (AvgIpc) is 2.34. The molecule has 19 heavy (non-hydrogen) atoms. The Morgan fingerprint density at radius 3 is 2.58 bits per heavy atom. The van der Waals surface area contributed by atoms with Crippen LogP contribution in [-0.2, 0) is 10.1 Å². The predicted molar refractivity (Wildman–Crippen MR) is 74.8 cm³/mol. The summed E-state index contributed by atoms with van der Waals surface area (Å²) in [6.07, 6.45) is 0. The van der Waals surface area contributed by atoms with Crippen LogP contribution in [0.5, 0.6) is 0 Å². The summed E-state index contributed by atoms with van der Waals surface area (Å²) < 4.78 is 31.3. The molecule has 2 aromatic carbocycles. The summed E-state index contributed by atoms with van der Waals surface area (Å²) in [5.41, 5.74) is 3.01. The van der Waals surface area contributed by atoms with Gasteiger partial charge in [-0.2, -0.15) is 8.42 Å². The molecule has 6 heteroatoms. The van der Waals surface area contributed by atoms with Crippen molar-refractivity contribution in [1.82, 2.24) is 0 Å². The Kier molecular flexibility index (Phi) is 2.81. The van der Waals surface area contributed by atoms with Gasteiger partial charge in [-0.25, -0.2) is 0 Å². The Balaban J connectivity index is 2.08. The maximum atomic E-state index is 11.1. The minimum absolute atomic E-state index is 0.0869. The summed E-state index contributed by atoms with van der Waals surface area (Å²) in [7, 11) is -4.16. The van der Waals surface area contributed by atoms with Gasteiger partial charge in [-0.3, -0.25) is 4.55 Å². The fourth-order valence-corrected chi connectivity index (χ4v) is 3.53. The Labute approximate surface area is 115 Å². The van der Waals surface area contributed by atoms with Gasteiger partial charge in [0.25, 0.3) is 10.1 Å². The molecule has 98 valence electrons. The molecule has 1 aliphatic rings. The second-order valence-corrected chi connectivity index (χ2v) is 6.87. The molecule has 0 aromatic heterocycles. The van der Waals surface area contributed by atoms with E-state index < -0.39 is 10.1 Å². The van der Waals surface area contributed by atoms with Crippen molar-refractivity contribution in [2.75, 3.05) is 5.32 Å². The molecule has 0 radical (unpaired) electrons. The summed E-state index contributed by atoms with van der Waals surface area (Å²) in [6.45, 7) is 2.02. The topological polar surface area (TPSA) is 66.4 Å². The third-order valence-electron chi connectivity index (χ3n) is 2.88. The van der Waals surface area contributed by atoms with Crippen LogP contribution in [0, 0.1) is 6.92 Å². The van der Waals surface area contributed by atoms with Crippen LogP contribution in [0.4, 0.5) is 11.4 Å². The van der Waals surface area contributed by atoms with Crippen LogP contribution in [0.15, 0.2) is 51.1 Å². The number of hydrogen-bond acceptors (Lipinski definition) is 4. The molecule has 0 amide bonds. The molecule has 0 aliphatic carbocycles. The van der Waals surface area contributed by atoms with Crippen LogP contribution in [0.3, 0.4) is 0 Å². The standard InChI is InChI=1S/C13H11NO3S2/c1-8-2-5-12-11(6-8)14-10-4-3-9(19(15,16)17)7-13(10)18-12/h2-7,14H,1H3,(H,15,16,17). The second-order valence-electron chi connectivity index (χ2n) is 4.36. The highest BCUT2D eigenvalue weighted by Crippen LogP contribution is 2.44. The van der Waals surface area contributed by atoms with E-state index in [9.17, 15) is 8.42 Å². The number of nitrogens with one attached hydrogen (secondary N) is 1. The summed E-state index contributed by atoms with van der Waals surface area (Å²) in [6, 6.07) is 10.6. The number of rotatable bonds is 1. The first-order valence-electron chi connectivity index (χ1n) is 5.60. The van der Waals surface area contributed by atoms with Crippen LogP contribution >= 0.6 is 11.8 Å². The quantitative estimate of drug-likeness (QED) is 0.673. The lowest BCUT2D eigenvalue weighted by molar-refractivity contribution is 0.483. The van der Waals surface area contributed by atoms with Crippen molar-refractivity contribution >= 4 is 33.3 Å². The lowest BCUT2D eigenvalue weighted by atomic mass is 10.2. The first-order chi connectivity index (χ1) is 8.93. The first-order valence-corrected chi connectivity index (χ1v) is 7.86. The molecule has 0 spiro atoms. The van der Waals surface area contributed by atoms with Crippen LogP contribution < -0.4 is 5.32 Å². The highest BCUT2D eigenvalue weighted by atomic mass is 32.2. The molecule has 3 rings (SSSR count). The second kappa shape index (κ2) is 4.26. The Bertz CT molecular complexity index is 769. The third kappa shape index (κ3) is 2.34. The van der Waals surface area contributed by atoms with Gasteiger partial charge in [0.2, 0.25) is 0 Å². The summed E-state index contributed by atoms with van der Waals surface area (Å²) in [4.78, 5) is 1.73. The van der Waals surface area contributed by atoms with Crippen molar-refractivity contribution in [3.8, 4) is 0 Å². The molecule has 4 nitrogen and oxygen atoms in total. The molecular formula is C13H11NO3S2. The zero-order valence-electron chi connectivity index (χ0n) is 10.0. The Morgan fingerprint density at radius 2 is 1.84 bits per heavy atom.